The molecular formula is C29H43ClN4O2. The summed E-state index contributed by atoms with van der Waals surface area (Å²) in [5.41, 5.74) is 4.36. The number of halogens is 1. The molecule has 2 aromatic rings. The Labute approximate surface area is 222 Å². The summed E-state index contributed by atoms with van der Waals surface area (Å²) in [6, 6.07) is 14.3. The lowest BCUT2D eigenvalue weighted by Crippen LogP contribution is -2.47. The van der Waals surface area contributed by atoms with Crippen molar-refractivity contribution in [2.45, 2.75) is 65.5 Å². The maximum absolute atomic E-state index is 12.5. The van der Waals surface area contributed by atoms with Gasteiger partial charge in [0.2, 0.25) is 6.41 Å². The first-order chi connectivity index (χ1) is 17.4. The number of hydrogen-bond donors (Lipinski definition) is 2. The summed E-state index contributed by atoms with van der Waals surface area (Å²) in [7, 11) is 2.07. The molecule has 36 heavy (non-hydrogen) atoms. The maximum atomic E-state index is 12.5. The Morgan fingerprint density at radius 1 is 1.14 bits per heavy atom. The Kier molecular flexibility index (Phi) is 12.8. The number of likely N-dealkylation sites (N-methyl/N-ethyl adjacent to an activating group) is 1. The Morgan fingerprint density at radius 3 is 2.42 bits per heavy atom. The number of carbonyl (C=O) groups excluding carboxylic acids is 2. The number of nitrogens with one attached hydrogen (secondary N) is 2. The third-order valence-electron chi connectivity index (χ3n) is 6.51. The second kappa shape index (κ2) is 15.5. The van der Waals surface area contributed by atoms with E-state index < -0.39 is 0 Å². The van der Waals surface area contributed by atoms with Crippen molar-refractivity contribution in [1.82, 2.24) is 15.1 Å². The fourth-order valence-corrected chi connectivity index (χ4v) is 4.58. The van der Waals surface area contributed by atoms with Crippen LogP contribution in [0.15, 0.2) is 42.5 Å². The molecule has 2 aliphatic heterocycles. The monoisotopic (exact) mass is 514 g/mol. The van der Waals surface area contributed by atoms with Crippen LogP contribution in [0.2, 0.25) is 5.02 Å². The van der Waals surface area contributed by atoms with E-state index in [9.17, 15) is 9.59 Å². The lowest BCUT2D eigenvalue weighted by Gasteiger charge is -2.32. The van der Waals surface area contributed by atoms with Crippen molar-refractivity contribution in [3.05, 3.63) is 64.2 Å². The third-order valence-corrected chi connectivity index (χ3v) is 6.75. The van der Waals surface area contributed by atoms with Crippen molar-refractivity contribution >= 4 is 29.6 Å². The van der Waals surface area contributed by atoms with E-state index in [-0.39, 0.29) is 11.9 Å². The predicted octanol–water partition coefficient (Wildman–Crippen LogP) is 5.77. The highest BCUT2D eigenvalue weighted by Crippen LogP contribution is 2.27. The molecule has 0 aliphatic carbocycles. The molecule has 2 unspecified atom stereocenters. The Hall–Kier alpha value is -2.57. The molecule has 7 heteroatoms. The van der Waals surface area contributed by atoms with Crippen LogP contribution in [0, 0.1) is 0 Å². The summed E-state index contributed by atoms with van der Waals surface area (Å²) in [6.07, 6.45) is 4.97. The van der Waals surface area contributed by atoms with E-state index in [1.807, 2.05) is 49.1 Å². The van der Waals surface area contributed by atoms with Crippen LogP contribution in [0.1, 0.15) is 74.5 Å². The zero-order valence-electron chi connectivity index (χ0n) is 22.5. The van der Waals surface area contributed by atoms with Crippen molar-refractivity contribution in [2.24, 2.45) is 0 Å². The predicted molar refractivity (Wildman–Crippen MR) is 151 cm³/mol. The average Bonchev–Trinajstić information content (AvgIpc) is 2.90. The molecule has 0 spiro atoms. The van der Waals surface area contributed by atoms with Gasteiger partial charge < -0.3 is 20.4 Å². The fourth-order valence-electron chi connectivity index (χ4n) is 4.39. The number of benzene rings is 2. The first-order valence-corrected chi connectivity index (χ1v) is 13.6. The molecule has 4 rings (SSSR count). The highest BCUT2D eigenvalue weighted by atomic mass is 35.5. The summed E-state index contributed by atoms with van der Waals surface area (Å²) in [6.45, 7) is 11.7. The van der Waals surface area contributed by atoms with Gasteiger partial charge in [-0.15, -0.1) is 0 Å². The van der Waals surface area contributed by atoms with Crippen LogP contribution in [0.5, 0.6) is 0 Å². The lowest BCUT2D eigenvalue weighted by molar-refractivity contribution is -0.110. The van der Waals surface area contributed by atoms with Gasteiger partial charge in [-0.3, -0.25) is 9.59 Å². The molecule has 6 nitrogen and oxygen atoms in total. The summed E-state index contributed by atoms with van der Waals surface area (Å²) in [4.78, 5) is 27.3. The highest BCUT2D eigenvalue weighted by molar-refractivity contribution is 6.30. The number of hydrogen-bond acceptors (Lipinski definition) is 4. The van der Waals surface area contributed by atoms with Gasteiger partial charge in [-0.25, -0.2) is 0 Å². The quantitative estimate of drug-likeness (QED) is 0.480. The number of nitrogens with zero attached hydrogens (tertiary/aromatic N) is 2. The highest BCUT2D eigenvalue weighted by Gasteiger charge is 2.20. The average molecular weight is 515 g/mol. The molecule has 0 saturated carbocycles. The number of rotatable bonds is 6. The van der Waals surface area contributed by atoms with Crippen molar-refractivity contribution < 1.29 is 9.59 Å². The topological polar surface area (TPSA) is 64.7 Å². The zero-order chi connectivity index (χ0) is 26.5. The molecule has 2 aliphatic rings. The minimum Gasteiger partial charge on any atom is -0.382 e. The minimum atomic E-state index is 0.0234. The molecule has 2 atom stereocenters. The number of aryl methyl sites for hydroxylation is 1. The van der Waals surface area contributed by atoms with Crippen molar-refractivity contribution in [1.29, 1.82) is 0 Å². The number of piperazine rings is 1. The molecular weight excluding hydrogens is 472 g/mol. The van der Waals surface area contributed by atoms with Crippen molar-refractivity contribution in [3.8, 4) is 0 Å². The normalized spacial score (nSPS) is 17.7. The molecule has 198 valence electrons. The summed E-state index contributed by atoms with van der Waals surface area (Å²) >= 11 is 5.89. The number of anilines is 1. The van der Waals surface area contributed by atoms with Crippen LogP contribution in [-0.2, 0) is 11.2 Å². The van der Waals surface area contributed by atoms with Gasteiger partial charge in [0.15, 0.2) is 0 Å². The van der Waals surface area contributed by atoms with E-state index in [0.29, 0.717) is 6.04 Å². The Balaban J connectivity index is 0.000000273. The number of carbonyl (C=O) groups is 2. The number of amides is 2. The Morgan fingerprint density at radius 2 is 1.81 bits per heavy atom. The van der Waals surface area contributed by atoms with Gasteiger partial charge in [0.05, 0.1) is 6.04 Å². The van der Waals surface area contributed by atoms with Crippen molar-refractivity contribution in [3.63, 3.8) is 0 Å². The standard InChI is InChI=1S/C17H25N3O2.C10H12ClN.C2H6/c1-3-4-16(18-13-21)14-5-7-15(8-6-14)17(22)20-11-9-19(2)10-12-20;1-7-2-3-8-6-9(11)4-5-10(8)12-7;1-2/h5-8,13,16H,3-4,9-12H2,1-2H3,(H,18,21);4-7,12H,2-3H2,1H3;1-2H3. The van der Waals surface area contributed by atoms with Crippen LogP contribution < -0.4 is 10.6 Å². The summed E-state index contributed by atoms with van der Waals surface area (Å²) < 4.78 is 0. The smallest absolute Gasteiger partial charge is 0.253 e. The largest absolute Gasteiger partial charge is 0.382 e. The fraction of sp³-hybridized carbons (Fsp3) is 0.517. The van der Waals surface area contributed by atoms with Crippen LogP contribution in [-0.4, -0.2) is 61.4 Å². The SMILES string of the molecule is CC.CC1CCc2cc(Cl)ccc2N1.CCCC(NC=O)c1ccc(C(=O)N2CCN(C)CC2)cc1. The summed E-state index contributed by atoms with van der Waals surface area (Å²) in [5.74, 6) is 0.0926. The zero-order valence-corrected chi connectivity index (χ0v) is 23.3. The molecule has 0 aromatic heterocycles. The molecule has 2 heterocycles. The van der Waals surface area contributed by atoms with Gasteiger partial charge in [-0.05, 0) is 74.7 Å². The molecule has 2 amide bonds. The van der Waals surface area contributed by atoms with Gasteiger partial charge in [0, 0.05) is 48.5 Å². The van der Waals surface area contributed by atoms with Gasteiger partial charge in [0.25, 0.3) is 5.91 Å². The summed E-state index contributed by atoms with van der Waals surface area (Å²) in [5, 5.41) is 7.10. The molecule has 0 radical (unpaired) electrons. The number of fused-ring (bicyclic) bond motifs is 1. The van der Waals surface area contributed by atoms with Crippen LogP contribution in [0.25, 0.3) is 0 Å². The van der Waals surface area contributed by atoms with Gasteiger partial charge in [-0.1, -0.05) is 50.9 Å². The van der Waals surface area contributed by atoms with Crippen LogP contribution in [0.3, 0.4) is 0 Å². The minimum absolute atomic E-state index is 0.0234. The first-order valence-electron chi connectivity index (χ1n) is 13.2. The van der Waals surface area contributed by atoms with E-state index in [0.717, 1.165) is 68.0 Å². The maximum Gasteiger partial charge on any atom is 0.253 e. The van der Waals surface area contributed by atoms with Gasteiger partial charge in [0.1, 0.15) is 0 Å². The van der Waals surface area contributed by atoms with Crippen LogP contribution >= 0.6 is 11.6 Å². The second-order valence-electron chi connectivity index (χ2n) is 9.23. The second-order valence-corrected chi connectivity index (χ2v) is 9.67. The first kappa shape index (κ1) is 29.7. The molecule has 2 N–H and O–H groups in total. The van der Waals surface area contributed by atoms with Gasteiger partial charge >= 0.3 is 0 Å². The van der Waals surface area contributed by atoms with E-state index in [4.69, 9.17) is 11.6 Å². The molecule has 0 bridgehead atoms. The van der Waals surface area contributed by atoms with Crippen molar-refractivity contribution in [2.75, 3.05) is 38.5 Å². The lowest BCUT2D eigenvalue weighted by atomic mass is 9.99. The van der Waals surface area contributed by atoms with Crippen LogP contribution in [0.4, 0.5) is 5.69 Å². The van der Waals surface area contributed by atoms with E-state index in [1.54, 1.807) is 0 Å². The van der Waals surface area contributed by atoms with E-state index in [1.165, 1.54) is 17.7 Å². The molecule has 2 aromatic carbocycles. The van der Waals surface area contributed by atoms with Gasteiger partial charge in [-0.2, -0.15) is 0 Å². The Bertz CT molecular complexity index is 943. The molecule has 1 saturated heterocycles. The van der Waals surface area contributed by atoms with E-state index >= 15 is 0 Å². The molecule has 1 fully saturated rings. The third kappa shape index (κ3) is 8.82. The van der Waals surface area contributed by atoms with E-state index in [2.05, 4.69) is 48.6 Å².